The molecule has 11 heavy (non-hydrogen) atoms. The first-order valence-corrected chi connectivity index (χ1v) is 3.76. The van der Waals surface area contributed by atoms with E-state index in [0.29, 0.717) is 5.02 Å². The first-order chi connectivity index (χ1) is 5.25. The molecule has 0 spiro atoms. The highest BCUT2D eigenvalue weighted by molar-refractivity contribution is 6.31. The van der Waals surface area contributed by atoms with Crippen LogP contribution in [-0.4, -0.2) is 0 Å². The van der Waals surface area contributed by atoms with Gasteiger partial charge >= 0.3 is 0 Å². The summed E-state index contributed by atoms with van der Waals surface area (Å²) in [5.74, 6) is 0. The van der Waals surface area contributed by atoms with Gasteiger partial charge in [0, 0.05) is 11.1 Å². The number of rotatable bonds is 2. The second kappa shape index (κ2) is 3.56. The molecule has 0 amide bonds. The van der Waals surface area contributed by atoms with E-state index in [1.54, 1.807) is 6.08 Å². The maximum Gasteiger partial charge on any atom is 0.0493 e. The molecule has 1 nitrogen and oxygen atoms in total. The number of nitrogens with two attached hydrogens (primary N) is 1. The molecule has 58 valence electrons. The molecule has 0 bridgehead atoms. The maximum atomic E-state index is 5.87. The minimum absolute atomic E-state index is 0.163. The SMILES string of the molecule is C=CC(N)c1ccccc1Cl. The van der Waals surface area contributed by atoms with Crippen LogP contribution in [-0.2, 0) is 0 Å². The van der Waals surface area contributed by atoms with E-state index >= 15 is 0 Å². The Morgan fingerprint density at radius 3 is 2.64 bits per heavy atom. The third kappa shape index (κ3) is 1.82. The van der Waals surface area contributed by atoms with Crippen molar-refractivity contribution in [1.29, 1.82) is 0 Å². The number of halogens is 1. The minimum atomic E-state index is -0.163. The molecule has 2 heteroatoms. The largest absolute Gasteiger partial charge is 0.321 e. The number of hydrogen-bond acceptors (Lipinski definition) is 1. The summed E-state index contributed by atoms with van der Waals surface area (Å²) in [6.07, 6.45) is 1.67. The van der Waals surface area contributed by atoms with Gasteiger partial charge in [0.05, 0.1) is 0 Å². The molecular weight excluding hydrogens is 158 g/mol. The van der Waals surface area contributed by atoms with Crippen molar-refractivity contribution in [2.45, 2.75) is 6.04 Å². The normalized spacial score (nSPS) is 12.5. The monoisotopic (exact) mass is 167 g/mol. The Morgan fingerprint density at radius 2 is 2.09 bits per heavy atom. The highest BCUT2D eigenvalue weighted by Crippen LogP contribution is 2.20. The summed E-state index contributed by atoms with van der Waals surface area (Å²) in [5, 5.41) is 0.694. The van der Waals surface area contributed by atoms with Gasteiger partial charge < -0.3 is 5.73 Å². The van der Waals surface area contributed by atoms with Gasteiger partial charge in [-0.25, -0.2) is 0 Å². The van der Waals surface area contributed by atoms with Crippen molar-refractivity contribution in [3.8, 4) is 0 Å². The zero-order chi connectivity index (χ0) is 8.27. The van der Waals surface area contributed by atoms with Crippen molar-refractivity contribution in [2.75, 3.05) is 0 Å². The standard InChI is InChI=1S/C9H10ClN/c1-2-9(11)7-5-3-4-6-8(7)10/h2-6,9H,1,11H2. The van der Waals surface area contributed by atoms with Crippen LogP contribution in [0, 0.1) is 0 Å². The molecule has 2 N–H and O–H groups in total. The van der Waals surface area contributed by atoms with Gasteiger partial charge in [0.25, 0.3) is 0 Å². The summed E-state index contributed by atoms with van der Waals surface area (Å²) < 4.78 is 0. The van der Waals surface area contributed by atoms with Crippen LogP contribution in [0.1, 0.15) is 11.6 Å². The van der Waals surface area contributed by atoms with Crippen LogP contribution >= 0.6 is 11.6 Å². The van der Waals surface area contributed by atoms with Crippen LogP contribution in [0.4, 0.5) is 0 Å². The zero-order valence-electron chi connectivity index (χ0n) is 6.13. The Kier molecular flexibility index (Phi) is 2.69. The average Bonchev–Trinajstić information content (AvgIpc) is 2.04. The first-order valence-electron chi connectivity index (χ1n) is 3.38. The molecule has 0 saturated heterocycles. The van der Waals surface area contributed by atoms with Crippen LogP contribution in [0.5, 0.6) is 0 Å². The molecule has 0 aliphatic carbocycles. The van der Waals surface area contributed by atoms with E-state index < -0.39 is 0 Å². The minimum Gasteiger partial charge on any atom is -0.321 e. The van der Waals surface area contributed by atoms with Gasteiger partial charge in [-0.2, -0.15) is 0 Å². The maximum absolute atomic E-state index is 5.87. The van der Waals surface area contributed by atoms with Gasteiger partial charge in [-0.15, -0.1) is 6.58 Å². The van der Waals surface area contributed by atoms with E-state index in [-0.39, 0.29) is 6.04 Å². The predicted molar refractivity (Wildman–Crippen MR) is 48.6 cm³/mol. The molecule has 0 aliphatic rings. The van der Waals surface area contributed by atoms with Crippen LogP contribution in [0.2, 0.25) is 5.02 Å². The number of benzene rings is 1. The molecule has 1 unspecified atom stereocenters. The van der Waals surface area contributed by atoms with Gasteiger partial charge in [-0.1, -0.05) is 35.9 Å². The molecule has 0 aliphatic heterocycles. The van der Waals surface area contributed by atoms with Crippen LogP contribution in [0.15, 0.2) is 36.9 Å². The lowest BCUT2D eigenvalue weighted by Crippen LogP contribution is -2.06. The molecule has 0 radical (unpaired) electrons. The molecule has 0 saturated carbocycles. The van der Waals surface area contributed by atoms with E-state index in [1.807, 2.05) is 24.3 Å². The molecule has 1 atom stereocenters. The summed E-state index contributed by atoms with van der Waals surface area (Å²) in [7, 11) is 0. The Bertz CT molecular complexity index is 257. The fourth-order valence-corrected chi connectivity index (χ4v) is 1.13. The van der Waals surface area contributed by atoms with Crippen molar-refractivity contribution in [2.24, 2.45) is 5.73 Å². The Morgan fingerprint density at radius 1 is 1.45 bits per heavy atom. The van der Waals surface area contributed by atoms with Gasteiger partial charge in [0.2, 0.25) is 0 Å². The summed E-state index contributed by atoms with van der Waals surface area (Å²) in [6.45, 7) is 3.59. The lowest BCUT2D eigenvalue weighted by molar-refractivity contribution is 0.915. The second-order valence-electron chi connectivity index (χ2n) is 2.28. The fraction of sp³-hybridized carbons (Fsp3) is 0.111. The molecule has 0 aromatic heterocycles. The van der Waals surface area contributed by atoms with Gasteiger partial charge in [0.15, 0.2) is 0 Å². The van der Waals surface area contributed by atoms with Gasteiger partial charge in [-0.3, -0.25) is 0 Å². The lowest BCUT2D eigenvalue weighted by Gasteiger charge is -2.07. The predicted octanol–water partition coefficient (Wildman–Crippen LogP) is 2.53. The summed E-state index contributed by atoms with van der Waals surface area (Å²) in [6, 6.07) is 7.34. The molecule has 1 aromatic carbocycles. The summed E-state index contributed by atoms with van der Waals surface area (Å²) >= 11 is 5.87. The van der Waals surface area contributed by atoms with E-state index in [2.05, 4.69) is 6.58 Å². The average molecular weight is 168 g/mol. The van der Waals surface area contributed by atoms with Crippen molar-refractivity contribution in [3.05, 3.63) is 47.5 Å². The molecule has 0 fully saturated rings. The quantitative estimate of drug-likeness (QED) is 0.674. The zero-order valence-corrected chi connectivity index (χ0v) is 6.88. The Hall–Kier alpha value is -0.790. The third-order valence-electron chi connectivity index (χ3n) is 1.52. The van der Waals surface area contributed by atoms with Crippen molar-refractivity contribution < 1.29 is 0 Å². The van der Waals surface area contributed by atoms with E-state index in [0.717, 1.165) is 5.56 Å². The molecule has 1 aromatic rings. The third-order valence-corrected chi connectivity index (χ3v) is 1.86. The smallest absolute Gasteiger partial charge is 0.0493 e. The van der Waals surface area contributed by atoms with Crippen molar-refractivity contribution in [3.63, 3.8) is 0 Å². The van der Waals surface area contributed by atoms with Crippen molar-refractivity contribution >= 4 is 11.6 Å². The lowest BCUT2D eigenvalue weighted by atomic mass is 10.1. The van der Waals surface area contributed by atoms with Crippen LogP contribution < -0.4 is 5.73 Å². The molecule has 0 heterocycles. The van der Waals surface area contributed by atoms with E-state index in [4.69, 9.17) is 17.3 Å². The molecule has 1 rings (SSSR count). The molecular formula is C9H10ClN. The second-order valence-corrected chi connectivity index (χ2v) is 2.69. The van der Waals surface area contributed by atoms with E-state index in [9.17, 15) is 0 Å². The summed E-state index contributed by atoms with van der Waals surface area (Å²) in [5.41, 5.74) is 6.61. The topological polar surface area (TPSA) is 26.0 Å². The van der Waals surface area contributed by atoms with Crippen LogP contribution in [0.3, 0.4) is 0 Å². The highest BCUT2D eigenvalue weighted by atomic mass is 35.5. The Balaban J connectivity index is 3.02. The van der Waals surface area contributed by atoms with Gasteiger partial charge in [-0.05, 0) is 11.6 Å². The van der Waals surface area contributed by atoms with Gasteiger partial charge in [0.1, 0.15) is 0 Å². The number of hydrogen-bond donors (Lipinski definition) is 1. The van der Waals surface area contributed by atoms with Crippen molar-refractivity contribution in [1.82, 2.24) is 0 Å². The Labute approximate surface area is 71.5 Å². The highest BCUT2D eigenvalue weighted by Gasteiger charge is 2.03. The first kappa shape index (κ1) is 8.31. The summed E-state index contributed by atoms with van der Waals surface area (Å²) in [4.78, 5) is 0. The van der Waals surface area contributed by atoms with Crippen LogP contribution in [0.25, 0.3) is 0 Å². The van der Waals surface area contributed by atoms with E-state index in [1.165, 1.54) is 0 Å². The fourth-order valence-electron chi connectivity index (χ4n) is 0.872.